The zero-order valence-electron chi connectivity index (χ0n) is 8.77. The lowest BCUT2D eigenvalue weighted by Crippen LogP contribution is -1.98. The first-order valence-electron chi connectivity index (χ1n) is 5.21. The smallest absolute Gasteiger partial charge is 0.126 e. The second-order valence-corrected chi connectivity index (χ2v) is 4.93. The fraction of sp³-hybridized carbons (Fsp3) is 0.500. The summed E-state index contributed by atoms with van der Waals surface area (Å²) in [4.78, 5) is 0.481. The van der Waals surface area contributed by atoms with Crippen LogP contribution in [0.3, 0.4) is 0 Å². The standard InChI is InChI=1S/C12H15BrF2/c1-2-10(13)5-3-4-9-8-11(14)6-7-12(9)15/h6-8,10H,2-5H2,1H3. The maximum atomic E-state index is 13.2. The summed E-state index contributed by atoms with van der Waals surface area (Å²) in [6.07, 6.45) is 3.54. The molecule has 15 heavy (non-hydrogen) atoms. The molecule has 0 nitrogen and oxygen atoms in total. The highest BCUT2D eigenvalue weighted by Gasteiger charge is 2.05. The van der Waals surface area contributed by atoms with Gasteiger partial charge in [-0.25, -0.2) is 8.78 Å². The van der Waals surface area contributed by atoms with Crippen molar-refractivity contribution >= 4 is 15.9 Å². The van der Waals surface area contributed by atoms with Gasteiger partial charge >= 0.3 is 0 Å². The summed E-state index contributed by atoms with van der Waals surface area (Å²) in [6, 6.07) is 3.62. The topological polar surface area (TPSA) is 0 Å². The van der Waals surface area contributed by atoms with Crippen LogP contribution in [0.4, 0.5) is 8.78 Å². The quantitative estimate of drug-likeness (QED) is 0.697. The van der Waals surface area contributed by atoms with Crippen LogP contribution in [0.1, 0.15) is 31.7 Å². The van der Waals surface area contributed by atoms with Crippen LogP contribution in [0, 0.1) is 11.6 Å². The van der Waals surface area contributed by atoms with E-state index in [0.29, 0.717) is 16.8 Å². The number of alkyl halides is 1. The summed E-state index contributed by atoms with van der Waals surface area (Å²) in [7, 11) is 0. The third-order valence-electron chi connectivity index (χ3n) is 2.41. The second kappa shape index (κ2) is 6.21. The highest BCUT2D eigenvalue weighted by Crippen LogP contribution is 2.16. The molecule has 0 aromatic heterocycles. The molecular formula is C12H15BrF2. The van der Waals surface area contributed by atoms with Gasteiger partial charge in [0, 0.05) is 4.83 Å². The minimum absolute atomic E-state index is 0.306. The summed E-state index contributed by atoms with van der Waals surface area (Å²) in [5.74, 6) is -0.670. The molecule has 1 unspecified atom stereocenters. The van der Waals surface area contributed by atoms with Gasteiger partial charge in [-0.15, -0.1) is 0 Å². The first-order valence-corrected chi connectivity index (χ1v) is 6.13. The normalized spacial score (nSPS) is 12.8. The Hall–Kier alpha value is -0.440. The highest BCUT2D eigenvalue weighted by molar-refractivity contribution is 9.09. The molecule has 3 heteroatoms. The molecule has 1 aromatic rings. The Morgan fingerprint density at radius 1 is 1.33 bits per heavy atom. The van der Waals surface area contributed by atoms with Crippen molar-refractivity contribution in [3.05, 3.63) is 35.4 Å². The maximum absolute atomic E-state index is 13.2. The van der Waals surface area contributed by atoms with Crippen LogP contribution < -0.4 is 0 Å². The van der Waals surface area contributed by atoms with Crippen LogP contribution in [0.5, 0.6) is 0 Å². The van der Waals surface area contributed by atoms with Gasteiger partial charge in [0.2, 0.25) is 0 Å². The maximum Gasteiger partial charge on any atom is 0.126 e. The molecule has 0 spiro atoms. The van der Waals surface area contributed by atoms with Gasteiger partial charge in [-0.3, -0.25) is 0 Å². The van der Waals surface area contributed by atoms with Crippen molar-refractivity contribution in [3.8, 4) is 0 Å². The molecule has 0 heterocycles. The van der Waals surface area contributed by atoms with E-state index in [9.17, 15) is 8.78 Å². The van der Waals surface area contributed by atoms with Gasteiger partial charge in [-0.1, -0.05) is 22.9 Å². The summed E-state index contributed by atoms with van der Waals surface area (Å²) >= 11 is 3.52. The SMILES string of the molecule is CCC(Br)CCCc1cc(F)ccc1F. The molecule has 0 saturated carbocycles. The van der Waals surface area contributed by atoms with E-state index in [0.717, 1.165) is 25.3 Å². The molecule has 84 valence electrons. The van der Waals surface area contributed by atoms with Gasteiger partial charge < -0.3 is 0 Å². The Labute approximate surface area is 97.8 Å². The lowest BCUT2D eigenvalue weighted by Gasteiger charge is -2.07. The molecule has 0 saturated heterocycles. The Morgan fingerprint density at radius 3 is 2.73 bits per heavy atom. The van der Waals surface area contributed by atoms with Crippen molar-refractivity contribution in [2.45, 2.75) is 37.4 Å². The minimum atomic E-state index is -0.364. The van der Waals surface area contributed by atoms with Crippen LogP contribution >= 0.6 is 15.9 Å². The van der Waals surface area contributed by atoms with E-state index in [-0.39, 0.29) is 11.6 Å². The molecule has 1 atom stereocenters. The average Bonchev–Trinajstić information content (AvgIpc) is 2.23. The van der Waals surface area contributed by atoms with Gasteiger partial charge in [0.25, 0.3) is 0 Å². The lowest BCUT2D eigenvalue weighted by atomic mass is 10.1. The number of aryl methyl sites for hydroxylation is 1. The summed E-state index contributed by atoms with van der Waals surface area (Å²) in [5, 5.41) is 0. The fourth-order valence-electron chi connectivity index (χ4n) is 1.45. The van der Waals surface area contributed by atoms with E-state index >= 15 is 0 Å². The lowest BCUT2D eigenvalue weighted by molar-refractivity contribution is 0.576. The van der Waals surface area contributed by atoms with E-state index < -0.39 is 0 Å². The first kappa shape index (κ1) is 12.6. The Bertz CT molecular complexity index is 312. The molecule has 0 N–H and O–H groups in total. The molecule has 0 aliphatic carbocycles. The number of hydrogen-bond acceptors (Lipinski definition) is 0. The number of halogens is 3. The van der Waals surface area contributed by atoms with E-state index in [1.807, 2.05) is 0 Å². The molecular weight excluding hydrogens is 262 g/mol. The van der Waals surface area contributed by atoms with E-state index in [1.54, 1.807) is 0 Å². The molecule has 0 amide bonds. The molecule has 0 radical (unpaired) electrons. The molecule has 0 bridgehead atoms. The Morgan fingerprint density at radius 2 is 2.07 bits per heavy atom. The van der Waals surface area contributed by atoms with Crippen LogP contribution in [0.2, 0.25) is 0 Å². The van der Waals surface area contributed by atoms with E-state index in [1.165, 1.54) is 12.1 Å². The van der Waals surface area contributed by atoms with Crippen molar-refractivity contribution < 1.29 is 8.78 Å². The van der Waals surface area contributed by atoms with Crippen molar-refractivity contribution in [2.75, 3.05) is 0 Å². The first-order chi connectivity index (χ1) is 7.13. The van der Waals surface area contributed by atoms with Gasteiger partial charge in [0.1, 0.15) is 11.6 Å². The molecule has 0 aliphatic heterocycles. The average molecular weight is 277 g/mol. The number of benzene rings is 1. The third kappa shape index (κ3) is 4.29. The monoisotopic (exact) mass is 276 g/mol. The molecule has 1 aromatic carbocycles. The predicted octanol–water partition coefficient (Wildman–Crippen LogP) is 4.46. The van der Waals surface area contributed by atoms with E-state index in [4.69, 9.17) is 0 Å². The predicted molar refractivity (Wildman–Crippen MR) is 62.3 cm³/mol. The molecule has 0 fully saturated rings. The van der Waals surface area contributed by atoms with Crippen LogP contribution in [-0.2, 0) is 6.42 Å². The Balaban J connectivity index is 2.46. The highest BCUT2D eigenvalue weighted by atomic mass is 79.9. The zero-order chi connectivity index (χ0) is 11.3. The minimum Gasteiger partial charge on any atom is -0.207 e. The van der Waals surface area contributed by atoms with Crippen LogP contribution in [-0.4, -0.2) is 4.83 Å². The summed E-state index contributed by atoms with van der Waals surface area (Å²) in [6.45, 7) is 2.10. The fourth-order valence-corrected chi connectivity index (χ4v) is 1.78. The Kier molecular flexibility index (Phi) is 5.23. The largest absolute Gasteiger partial charge is 0.207 e. The third-order valence-corrected chi connectivity index (χ3v) is 3.52. The van der Waals surface area contributed by atoms with Crippen molar-refractivity contribution in [2.24, 2.45) is 0 Å². The second-order valence-electron chi connectivity index (χ2n) is 3.63. The summed E-state index contributed by atoms with van der Waals surface area (Å²) < 4.78 is 26.0. The van der Waals surface area contributed by atoms with Gasteiger partial charge in [-0.05, 0) is 49.4 Å². The van der Waals surface area contributed by atoms with Crippen LogP contribution in [0.25, 0.3) is 0 Å². The molecule has 0 aliphatic rings. The van der Waals surface area contributed by atoms with Crippen LogP contribution in [0.15, 0.2) is 18.2 Å². The van der Waals surface area contributed by atoms with Crippen molar-refractivity contribution in [3.63, 3.8) is 0 Å². The van der Waals surface area contributed by atoms with Crippen molar-refractivity contribution in [1.82, 2.24) is 0 Å². The number of hydrogen-bond donors (Lipinski definition) is 0. The van der Waals surface area contributed by atoms with Gasteiger partial charge in [0.15, 0.2) is 0 Å². The van der Waals surface area contributed by atoms with E-state index in [2.05, 4.69) is 22.9 Å². The van der Waals surface area contributed by atoms with Gasteiger partial charge in [-0.2, -0.15) is 0 Å². The van der Waals surface area contributed by atoms with Crippen molar-refractivity contribution in [1.29, 1.82) is 0 Å². The van der Waals surface area contributed by atoms with Gasteiger partial charge in [0.05, 0.1) is 0 Å². The molecule has 1 rings (SSSR count). The summed E-state index contributed by atoms with van der Waals surface area (Å²) in [5.41, 5.74) is 0.478. The zero-order valence-corrected chi connectivity index (χ0v) is 10.4. The number of rotatable bonds is 5.